The molecule has 2 fully saturated rings. The van der Waals surface area contributed by atoms with Gasteiger partial charge in [-0.2, -0.15) is 0 Å². The Hall–Kier alpha value is -0.460. The number of aliphatic imine (C=N–C) groups is 1. The summed E-state index contributed by atoms with van der Waals surface area (Å²) in [6.45, 7) is 12.9. The molecule has 0 saturated carbocycles. The first-order valence-corrected chi connectivity index (χ1v) is 10.9. The third-order valence-electron chi connectivity index (χ3n) is 4.95. The maximum atomic E-state index is 5.53. The number of halogens is 1. The van der Waals surface area contributed by atoms with Crippen molar-refractivity contribution < 1.29 is 9.47 Å². The second kappa shape index (κ2) is 13.7. The number of thiophene rings is 1. The fraction of sp³-hybridized carbons (Fsp3) is 0.737. The van der Waals surface area contributed by atoms with Gasteiger partial charge < -0.3 is 20.1 Å². The van der Waals surface area contributed by atoms with E-state index in [1.54, 1.807) is 0 Å². The van der Waals surface area contributed by atoms with E-state index < -0.39 is 0 Å². The Balaban J connectivity index is 0.00000280. The Morgan fingerprint density at radius 3 is 2.50 bits per heavy atom. The quantitative estimate of drug-likeness (QED) is 0.307. The van der Waals surface area contributed by atoms with Crippen molar-refractivity contribution in [1.29, 1.82) is 0 Å². The Morgan fingerprint density at radius 1 is 1.14 bits per heavy atom. The van der Waals surface area contributed by atoms with Crippen molar-refractivity contribution >= 4 is 41.3 Å². The summed E-state index contributed by atoms with van der Waals surface area (Å²) in [6.07, 6.45) is 0. The molecule has 3 heterocycles. The minimum Gasteiger partial charge on any atom is -0.379 e. The number of nitrogens with one attached hydrogen (secondary N) is 2. The van der Waals surface area contributed by atoms with Crippen LogP contribution in [0.3, 0.4) is 0 Å². The van der Waals surface area contributed by atoms with Gasteiger partial charge in [0.15, 0.2) is 5.96 Å². The molecule has 0 radical (unpaired) electrons. The predicted octanol–water partition coefficient (Wildman–Crippen LogP) is 1.63. The van der Waals surface area contributed by atoms with Crippen molar-refractivity contribution in [2.45, 2.75) is 13.0 Å². The van der Waals surface area contributed by atoms with E-state index in [0.29, 0.717) is 6.04 Å². The highest BCUT2D eigenvalue weighted by Crippen LogP contribution is 2.26. The lowest BCUT2D eigenvalue weighted by molar-refractivity contribution is 0.0186. The number of ether oxygens (including phenoxy) is 2. The second-order valence-electron chi connectivity index (χ2n) is 6.78. The van der Waals surface area contributed by atoms with Crippen LogP contribution in [0.2, 0.25) is 0 Å². The molecule has 9 heteroatoms. The van der Waals surface area contributed by atoms with E-state index >= 15 is 0 Å². The average molecular weight is 523 g/mol. The monoisotopic (exact) mass is 523 g/mol. The first kappa shape index (κ1) is 23.8. The topological polar surface area (TPSA) is 61.4 Å². The van der Waals surface area contributed by atoms with Crippen molar-refractivity contribution in [1.82, 2.24) is 20.4 Å². The molecule has 2 N–H and O–H groups in total. The Kier molecular flexibility index (Phi) is 11.7. The first-order valence-electron chi connectivity index (χ1n) is 10.0. The number of nitrogens with zero attached hydrogens (tertiary/aromatic N) is 3. The fourth-order valence-corrected chi connectivity index (χ4v) is 4.28. The second-order valence-corrected chi connectivity index (χ2v) is 7.76. The molecule has 1 aromatic rings. The van der Waals surface area contributed by atoms with Crippen molar-refractivity contribution in [2.24, 2.45) is 4.99 Å². The Bertz CT molecular complexity index is 549. The first-order chi connectivity index (χ1) is 13.4. The van der Waals surface area contributed by atoms with Crippen LogP contribution in [0.1, 0.15) is 17.8 Å². The molecule has 0 aromatic carbocycles. The van der Waals surface area contributed by atoms with Gasteiger partial charge in [-0.25, -0.2) is 0 Å². The lowest BCUT2D eigenvalue weighted by Gasteiger charge is -2.33. The molecule has 3 rings (SSSR count). The van der Waals surface area contributed by atoms with Crippen LogP contribution in [0.4, 0.5) is 0 Å². The summed E-state index contributed by atoms with van der Waals surface area (Å²) in [7, 11) is 0. The van der Waals surface area contributed by atoms with Crippen LogP contribution in [0.15, 0.2) is 22.5 Å². The number of hydrogen-bond acceptors (Lipinski definition) is 6. The van der Waals surface area contributed by atoms with Gasteiger partial charge in [-0.1, -0.05) is 6.07 Å². The molecule has 1 aromatic heterocycles. The van der Waals surface area contributed by atoms with E-state index in [9.17, 15) is 0 Å². The van der Waals surface area contributed by atoms with Crippen LogP contribution < -0.4 is 10.6 Å². The van der Waals surface area contributed by atoms with Crippen molar-refractivity contribution in [3.05, 3.63) is 22.4 Å². The van der Waals surface area contributed by atoms with Crippen LogP contribution in [0, 0.1) is 0 Å². The molecule has 28 heavy (non-hydrogen) atoms. The number of morpholine rings is 2. The lowest BCUT2D eigenvalue weighted by Crippen LogP contribution is -2.45. The highest BCUT2D eigenvalue weighted by molar-refractivity contribution is 14.0. The zero-order chi connectivity index (χ0) is 18.7. The number of guanidine groups is 1. The van der Waals surface area contributed by atoms with E-state index in [-0.39, 0.29) is 24.0 Å². The van der Waals surface area contributed by atoms with E-state index in [1.807, 2.05) is 11.3 Å². The molecule has 2 saturated heterocycles. The molecule has 160 valence electrons. The molecule has 0 aliphatic carbocycles. The fourth-order valence-electron chi connectivity index (χ4n) is 3.43. The van der Waals surface area contributed by atoms with Crippen molar-refractivity contribution in [3.63, 3.8) is 0 Å². The molecule has 0 bridgehead atoms. The van der Waals surface area contributed by atoms with E-state index in [2.05, 4.69) is 44.9 Å². The summed E-state index contributed by atoms with van der Waals surface area (Å²) >= 11 is 1.82. The smallest absolute Gasteiger partial charge is 0.191 e. The molecule has 0 spiro atoms. The van der Waals surface area contributed by atoms with Gasteiger partial charge in [-0.3, -0.25) is 14.8 Å². The molecule has 1 atom stereocenters. The average Bonchev–Trinajstić information content (AvgIpc) is 3.24. The number of hydrogen-bond donors (Lipinski definition) is 2. The Labute approximate surface area is 189 Å². The predicted molar refractivity (Wildman–Crippen MR) is 126 cm³/mol. The van der Waals surface area contributed by atoms with Gasteiger partial charge in [0.1, 0.15) is 0 Å². The minimum absolute atomic E-state index is 0. The largest absolute Gasteiger partial charge is 0.379 e. The molecule has 1 unspecified atom stereocenters. The molecule has 2 aliphatic rings. The van der Waals surface area contributed by atoms with Crippen LogP contribution in [0.25, 0.3) is 0 Å². The summed E-state index contributed by atoms with van der Waals surface area (Å²) < 4.78 is 10.9. The van der Waals surface area contributed by atoms with E-state index in [1.165, 1.54) is 4.88 Å². The number of rotatable bonds is 8. The normalized spacial score (nSPS) is 20.4. The standard InChI is InChI=1S/C19H33N5O2S.HI/c1-2-20-19(21-5-6-23-7-11-25-12-8-23)22-16-17(18-4-3-15-27-18)24-9-13-26-14-10-24;/h3-4,15,17H,2,5-14,16H2,1H3,(H2,20,21,22);1H. The summed E-state index contributed by atoms with van der Waals surface area (Å²) in [5, 5.41) is 9.02. The van der Waals surface area contributed by atoms with Gasteiger partial charge in [0.2, 0.25) is 0 Å². The van der Waals surface area contributed by atoms with Crippen LogP contribution in [0.5, 0.6) is 0 Å². The maximum Gasteiger partial charge on any atom is 0.191 e. The van der Waals surface area contributed by atoms with Crippen molar-refractivity contribution in [2.75, 3.05) is 78.8 Å². The van der Waals surface area contributed by atoms with Crippen LogP contribution >= 0.6 is 35.3 Å². The van der Waals surface area contributed by atoms with Gasteiger partial charge >= 0.3 is 0 Å². The minimum atomic E-state index is 0. The summed E-state index contributed by atoms with van der Waals surface area (Å²) in [5.41, 5.74) is 0. The summed E-state index contributed by atoms with van der Waals surface area (Å²) in [4.78, 5) is 11.2. The zero-order valence-electron chi connectivity index (χ0n) is 16.8. The molecular formula is C19H34IN5O2S. The van der Waals surface area contributed by atoms with Gasteiger partial charge in [-0.05, 0) is 18.4 Å². The third-order valence-corrected chi connectivity index (χ3v) is 5.92. The molecule has 7 nitrogen and oxygen atoms in total. The van der Waals surface area contributed by atoms with Gasteiger partial charge in [0.05, 0.1) is 39.0 Å². The van der Waals surface area contributed by atoms with Crippen molar-refractivity contribution in [3.8, 4) is 0 Å². The summed E-state index contributed by atoms with van der Waals surface area (Å²) in [5.74, 6) is 0.903. The van der Waals surface area contributed by atoms with Crippen LogP contribution in [-0.2, 0) is 9.47 Å². The lowest BCUT2D eigenvalue weighted by atomic mass is 10.2. The molecule has 2 aliphatic heterocycles. The maximum absolute atomic E-state index is 5.53. The molecule has 0 amide bonds. The highest BCUT2D eigenvalue weighted by Gasteiger charge is 2.23. The Morgan fingerprint density at radius 2 is 1.86 bits per heavy atom. The van der Waals surface area contributed by atoms with Crippen LogP contribution in [-0.4, -0.2) is 94.5 Å². The molecular weight excluding hydrogens is 489 g/mol. The van der Waals surface area contributed by atoms with Gasteiger partial charge in [0, 0.05) is 50.7 Å². The summed E-state index contributed by atoms with van der Waals surface area (Å²) in [6, 6.07) is 4.67. The van der Waals surface area contributed by atoms with Gasteiger partial charge in [0.25, 0.3) is 0 Å². The SMILES string of the molecule is CCNC(=NCC(c1cccs1)N1CCOCC1)NCCN1CCOCC1.I. The third kappa shape index (κ3) is 7.75. The van der Waals surface area contributed by atoms with Gasteiger partial charge in [-0.15, -0.1) is 35.3 Å². The van der Waals surface area contributed by atoms with E-state index in [0.717, 1.165) is 84.7 Å². The van der Waals surface area contributed by atoms with E-state index in [4.69, 9.17) is 14.5 Å². The zero-order valence-corrected chi connectivity index (χ0v) is 19.9. The highest BCUT2D eigenvalue weighted by atomic mass is 127.